The number of hydrogen-bond donors (Lipinski definition) is 1. The standard InChI is InChI=1S/C14H21N3O/c15-8-12-9-4-2-1-3-5-10-13(18)7-6-11(14(9)10)16-17-12/h9-10,14H,1-8,15H2. The highest BCUT2D eigenvalue weighted by Gasteiger charge is 2.43. The van der Waals surface area contributed by atoms with Crippen LogP contribution in [0.3, 0.4) is 0 Å². The molecule has 1 heterocycles. The second kappa shape index (κ2) is 4.92. The lowest BCUT2D eigenvalue weighted by molar-refractivity contribution is -0.125. The van der Waals surface area contributed by atoms with Gasteiger partial charge in [0.1, 0.15) is 5.78 Å². The van der Waals surface area contributed by atoms with Crippen molar-refractivity contribution in [3.63, 3.8) is 0 Å². The van der Waals surface area contributed by atoms with Crippen LogP contribution in [0, 0.1) is 17.8 Å². The minimum atomic E-state index is 0.194. The van der Waals surface area contributed by atoms with Crippen molar-refractivity contribution in [1.82, 2.24) is 0 Å². The maximum Gasteiger partial charge on any atom is 0.137 e. The van der Waals surface area contributed by atoms with Gasteiger partial charge in [-0.3, -0.25) is 4.79 Å². The third kappa shape index (κ3) is 1.92. The van der Waals surface area contributed by atoms with Crippen molar-refractivity contribution in [1.29, 1.82) is 0 Å². The molecule has 0 bridgehead atoms. The lowest BCUT2D eigenvalue weighted by Gasteiger charge is -2.40. The maximum absolute atomic E-state index is 12.2. The zero-order valence-corrected chi connectivity index (χ0v) is 10.8. The average Bonchev–Trinajstić information content (AvgIpc) is 2.36. The molecule has 0 aromatic carbocycles. The molecule has 2 N–H and O–H groups in total. The molecular formula is C14H21N3O. The van der Waals surface area contributed by atoms with E-state index in [1.165, 1.54) is 25.0 Å². The van der Waals surface area contributed by atoms with Crippen molar-refractivity contribution in [2.75, 3.05) is 6.54 Å². The third-order valence-corrected chi connectivity index (χ3v) is 4.77. The Hall–Kier alpha value is -1.03. The van der Waals surface area contributed by atoms with Gasteiger partial charge in [0, 0.05) is 36.4 Å². The van der Waals surface area contributed by atoms with Gasteiger partial charge in [-0.15, -0.1) is 0 Å². The maximum atomic E-state index is 12.2. The number of Topliss-reactive ketones (excluding diaryl/α,β-unsaturated/α-hetero) is 1. The number of rotatable bonds is 1. The fourth-order valence-electron chi connectivity index (χ4n) is 3.86. The predicted molar refractivity (Wildman–Crippen MR) is 71.7 cm³/mol. The predicted octanol–water partition coefficient (Wildman–Crippen LogP) is 1.93. The molecule has 2 aliphatic carbocycles. The Morgan fingerprint density at radius 1 is 1.06 bits per heavy atom. The molecule has 4 nitrogen and oxygen atoms in total. The van der Waals surface area contributed by atoms with E-state index in [-0.39, 0.29) is 5.92 Å². The van der Waals surface area contributed by atoms with Crippen LogP contribution in [0.25, 0.3) is 0 Å². The molecule has 1 aliphatic heterocycles. The van der Waals surface area contributed by atoms with Crippen molar-refractivity contribution in [3.8, 4) is 0 Å². The van der Waals surface area contributed by atoms with Gasteiger partial charge in [0.2, 0.25) is 0 Å². The van der Waals surface area contributed by atoms with Crippen LogP contribution in [0.4, 0.5) is 0 Å². The number of nitrogens with zero attached hydrogens (tertiary/aromatic N) is 2. The number of carbonyl (C=O) groups is 1. The summed E-state index contributed by atoms with van der Waals surface area (Å²) in [7, 11) is 0. The van der Waals surface area contributed by atoms with Gasteiger partial charge in [-0.1, -0.05) is 19.3 Å². The zero-order valence-electron chi connectivity index (χ0n) is 10.8. The molecule has 0 aromatic rings. The van der Waals surface area contributed by atoms with Crippen LogP contribution in [0.2, 0.25) is 0 Å². The first kappa shape index (κ1) is 12.0. The molecule has 0 radical (unpaired) electrons. The Morgan fingerprint density at radius 2 is 1.83 bits per heavy atom. The van der Waals surface area contributed by atoms with E-state index in [2.05, 4.69) is 10.2 Å². The highest BCUT2D eigenvalue weighted by molar-refractivity contribution is 6.05. The fraction of sp³-hybridized carbons (Fsp3) is 0.786. The summed E-state index contributed by atoms with van der Waals surface area (Å²) < 4.78 is 0. The fourth-order valence-corrected chi connectivity index (χ4v) is 3.86. The monoisotopic (exact) mass is 247 g/mol. The Morgan fingerprint density at radius 3 is 2.61 bits per heavy atom. The molecule has 2 saturated carbocycles. The van der Waals surface area contributed by atoms with Crippen molar-refractivity contribution >= 4 is 17.2 Å². The van der Waals surface area contributed by atoms with E-state index in [1.807, 2.05) is 0 Å². The Labute approximate surface area is 108 Å². The van der Waals surface area contributed by atoms with Gasteiger partial charge in [0.25, 0.3) is 0 Å². The van der Waals surface area contributed by atoms with Crippen molar-refractivity contribution in [3.05, 3.63) is 0 Å². The molecule has 2 fully saturated rings. The van der Waals surface area contributed by atoms with Crippen molar-refractivity contribution in [2.45, 2.75) is 44.9 Å². The smallest absolute Gasteiger partial charge is 0.137 e. The van der Waals surface area contributed by atoms with E-state index < -0.39 is 0 Å². The number of ketones is 1. The molecule has 3 atom stereocenters. The van der Waals surface area contributed by atoms with E-state index in [4.69, 9.17) is 5.73 Å². The number of carbonyl (C=O) groups excluding carboxylic acids is 1. The summed E-state index contributed by atoms with van der Waals surface area (Å²) in [6.45, 7) is 0.485. The Kier molecular flexibility index (Phi) is 3.29. The van der Waals surface area contributed by atoms with Gasteiger partial charge >= 0.3 is 0 Å². The van der Waals surface area contributed by atoms with Gasteiger partial charge in [-0.05, 0) is 19.3 Å². The van der Waals surface area contributed by atoms with Crippen LogP contribution < -0.4 is 5.73 Å². The van der Waals surface area contributed by atoms with E-state index >= 15 is 0 Å². The normalized spacial score (nSPS) is 36.1. The zero-order chi connectivity index (χ0) is 12.5. The highest BCUT2D eigenvalue weighted by atomic mass is 16.1. The first-order chi connectivity index (χ1) is 8.81. The third-order valence-electron chi connectivity index (χ3n) is 4.77. The topological polar surface area (TPSA) is 67.8 Å². The molecule has 0 amide bonds. The molecule has 98 valence electrons. The summed E-state index contributed by atoms with van der Waals surface area (Å²) in [5, 5.41) is 8.68. The average molecular weight is 247 g/mol. The summed E-state index contributed by atoms with van der Waals surface area (Å²) in [6.07, 6.45) is 7.30. The SMILES string of the molecule is NCC1=NN=C2CCC(=O)C3CCCCCC1C23. The highest BCUT2D eigenvalue weighted by Crippen LogP contribution is 2.41. The Balaban J connectivity index is 1.97. The summed E-state index contributed by atoms with van der Waals surface area (Å²) in [4.78, 5) is 12.2. The molecule has 3 unspecified atom stereocenters. The van der Waals surface area contributed by atoms with Crippen LogP contribution >= 0.6 is 0 Å². The molecule has 0 saturated heterocycles. The summed E-state index contributed by atoms with van der Waals surface area (Å²) in [6, 6.07) is 0. The van der Waals surface area contributed by atoms with Crippen molar-refractivity contribution < 1.29 is 4.79 Å². The minimum absolute atomic E-state index is 0.194. The van der Waals surface area contributed by atoms with E-state index in [9.17, 15) is 4.79 Å². The molecule has 3 aliphatic rings. The van der Waals surface area contributed by atoms with Gasteiger partial charge in [-0.25, -0.2) is 0 Å². The minimum Gasteiger partial charge on any atom is -0.325 e. The van der Waals surface area contributed by atoms with Gasteiger partial charge in [-0.2, -0.15) is 10.2 Å². The first-order valence-electron chi connectivity index (χ1n) is 7.17. The van der Waals surface area contributed by atoms with Crippen LogP contribution in [-0.2, 0) is 4.79 Å². The van der Waals surface area contributed by atoms with E-state index in [0.717, 1.165) is 25.0 Å². The van der Waals surface area contributed by atoms with Crippen LogP contribution in [-0.4, -0.2) is 23.8 Å². The molecule has 0 aromatic heterocycles. The van der Waals surface area contributed by atoms with Crippen LogP contribution in [0.15, 0.2) is 10.2 Å². The molecule has 4 heteroatoms. The lowest BCUT2D eigenvalue weighted by Crippen LogP contribution is -2.46. The molecule has 0 spiro atoms. The number of nitrogens with two attached hydrogens (primary N) is 1. The largest absolute Gasteiger partial charge is 0.325 e. The molecule has 18 heavy (non-hydrogen) atoms. The molecular weight excluding hydrogens is 226 g/mol. The Bertz CT molecular complexity index is 413. The summed E-state index contributed by atoms with van der Waals surface area (Å²) in [5.74, 6) is 1.35. The quantitative estimate of drug-likeness (QED) is 0.769. The van der Waals surface area contributed by atoms with E-state index in [1.54, 1.807) is 0 Å². The van der Waals surface area contributed by atoms with Crippen LogP contribution in [0.1, 0.15) is 44.9 Å². The summed E-state index contributed by atoms with van der Waals surface area (Å²) in [5.41, 5.74) is 7.99. The summed E-state index contributed by atoms with van der Waals surface area (Å²) >= 11 is 0. The molecule has 3 rings (SSSR count). The second-order valence-corrected chi connectivity index (χ2v) is 5.73. The van der Waals surface area contributed by atoms with Crippen molar-refractivity contribution in [2.24, 2.45) is 33.7 Å². The lowest BCUT2D eigenvalue weighted by atomic mass is 9.64. The second-order valence-electron chi connectivity index (χ2n) is 5.73. The van der Waals surface area contributed by atoms with Gasteiger partial charge < -0.3 is 5.73 Å². The first-order valence-corrected chi connectivity index (χ1v) is 7.17. The van der Waals surface area contributed by atoms with Gasteiger partial charge in [0.05, 0.1) is 5.71 Å². The van der Waals surface area contributed by atoms with E-state index in [0.29, 0.717) is 30.6 Å². The number of hydrogen-bond acceptors (Lipinski definition) is 4. The van der Waals surface area contributed by atoms with Crippen LogP contribution in [0.5, 0.6) is 0 Å². The van der Waals surface area contributed by atoms with Gasteiger partial charge in [0.15, 0.2) is 0 Å².